The molecule has 1 aliphatic heterocycles. The van der Waals surface area contributed by atoms with Gasteiger partial charge in [-0.05, 0) is 30.0 Å². The lowest BCUT2D eigenvalue weighted by Gasteiger charge is -2.39. The van der Waals surface area contributed by atoms with Crippen LogP contribution in [0.25, 0.3) is 10.9 Å². The first-order chi connectivity index (χ1) is 12.6. The molecule has 4 heteroatoms. The minimum atomic E-state index is -0.835. The number of benzene rings is 2. The molecule has 26 heavy (non-hydrogen) atoms. The zero-order valence-electron chi connectivity index (χ0n) is 14.9. The van der Waals surface area contributed by atoms with Gasteiger partial charge >= 0.3 is 5.97 Å². The Labute approximate surface area is 152 Å². The van der Waals surface area contributed by atoms with Crippen LogP contribution in [0.3, 0.4) is 0 Å². The topological polar surface area (TPSA) is 62.3 Å². The number of carbonyl (C=O) groups is 1. The fourth-order valence-electron chi connectivity index (χ4n) is 4.21. The number of fused-ring (bicyclic) bond motifs is 3. The first-order valence-corrected chi connectivity index (χ1v) is 9.14. The van der Waals surface area contributed by atoms with Gasteiger partial charge in [-0.25, -0.2) is 0 Å². The third kappa shape index (κ3) is 2.80. The van der Waals surface area contributed by atoms with Crippen molar-refractivity contribution in [1.82, 2.24) is 4.98 Å². The molecule has 4 rings (SSSR count). The largest absolute Gasteiger partial charge is 0.481 e. The number of H-pyrrole nitrogens is 1. The van der Waals surface area contributed by atoms with Crippen LogP contribution in [0, 0.1) is 0 Å². The van der Waals surface area contributed by atoms with Gasteiger partial charge in [0.05, 0.1) is 18.7 Å². The van der Waals surface area contributed by atoms with Crippen molar-refractivity contribution in [2.75, 3.05) is 6.61 Å². The van der Waals surface area contributed by atoms with Gasteiger partial charge in [0.25, 0.3) is 0 Å². The summed E-state index contributed by atoms with van der Waals surface area (Å²) in [6.07, 6.45) is 1.47. The molecule has 0 unspecified atom stereocenters. The summed E-state index contributed by atoms with van der Waals surface area (Å²) >= 11 is 0. The lowest BCUT2D eigenvalue weighted by atomic mass is 9.80. The molecular weight excluding hydrogens is 326 g/mol. The highest BCUT2D eigenvalue weighted by Crippen LogP contribution is 2.46. The number of nitrogens with one attached hydrogen (secondary N) is 1. The van der Waals surface area contributed by atoms with E-state index < -0.39 is 11.6 Å². The van der Waals surface area contributed by atoms with Crippen molar-refractivity contribution in [1.29, 1.82) is 0 Å². The predicted octanol–water partition coefficient (Wildman–Crippen LogP) is 4.60. The zero-order chi connectivity index (χ0) is 18.1. The van der Waals surface area contributed by atoms with E-state index in [0.717, 1.165) is 17.6 Å². The van der Waals surface area contributed by atoms with Crippen LogP contribution in [0.5, 0.6) is 0 Å². The Kier molecular flexibility index (Phi) is 4.29. The number of aliphatic carboxylic acids is 1. The van der Waals surface area contributed by atoms with Crippen LogP contribution in [0.1, 0.15) is 42.5 Å². The van der Waals surface area contributed by atoms with Crippen LogP contribution >= 0.6 is 0 Å². The summed E-state index contributed by atoms with van der Waals surface area (Å²) in [5.41, 5.74) is 3.69. The zero-order valence-corrected chi connectivity index (χ0v) is 14.9. The van der Waals surface area contributed by atoms with E-state index in [4.69, 9.17) is 4.74 Å². The molecule has 0 spiro atoms. The van der Waals surface area contributed by atoms with Crippen molar-refractivity contribution in [2.24, 2.45) is 0 Å². The summed E-state index contributed by atoms with van der Waals surface area (Å²) in [5.74, 6) is -0.630. The van der Waals surface area contributed by atoms with E-state index in [9.17, 15) is 9.90 Å². The van der Waals surface area contributed by atoms with Crippen LogP contribution in [-0.4, -0.2) is 22.7 Å². The third-order valence-electron chi connectivity index (χ3n) is 5.50. The molecule has 0 saturated carbocycles. The molecule has 1 aliphatic rings. The first kappa shape index (κ1) is 16.9. The average Bonchev–Trinajstić information content (AvgIpc) is 3.05. The standard InChI is InChI=1S/C22H23NO3/c1-2-22(13-19(24)25)21-20(17-10-6-7-11-18(17)23-21)16(14-26-22)12-15-8-4-3-5-9-15/h3-11,16,23H,2,12-14H2,1H3,(H,24,25)/t16-,22+/m0/s1. The number of aromatic nitrogens is 1. The summed E-state index contributed by atoms with van der Waals surface area (Å²) in [5, 5.41) is 10.6. The molecule has 2 N–H and O–H groups in total. The molecule has 0 amide bonds. The minimum Gasteiger partial charge on any atom is -0.481 e. The van der Waals surface area contributed by atoms with E-state index in [2.05, 4.69) is 41.4 Å². The number of ether oxygens (including phenoxy) is 1. The van der Waals surface area contributed by atoms with Crippen molar-refractivity contribution in [3.05, 3.63) is 71.4 Å². The fourth-order valence-corrected chi connectivity index (χ4v) is 4.21. The summed E-state index contributed by atoms with van der Waals surface area (Å²) in [6.45, 7) is 2.53. The minimum absolute atomic E-state index is 0.0264. The maximum atomic E-state index is 11.5. The third-order valence-corrected chi connectivity index (χ3v) is 5.50. The summed E-state index contributed by atoms with van der Waals surface area (Å²) in [6, 6.07) is 18.6. The molecule has 134 valence electrons. The Morgan fingerprint density at radius 1 is 1.19 bits per heavy atom. The van der Waals surface area contributed by atoms with Crippen molar-refractivity contribution in [3.8, 4) is 0 Å². The second kappa shape index (κ2) is 6.61. The van der Waals surface area contributed by atoms with Gasteiger partial charge in [0.15, 0.2) is 0 Å². The van der Waals surface area contributed by atoms with Crippen LogP contribution in [0.2, 0.25) is 0 Å². The van der Waals surface area contributed by atoms with E-state index in [1.54, 1.807) is 0 Å². The van der Waals surface area contributed by atoms with Gasteiger partial charge in [0.2, 0.25) is 0 Å². The molecule has 1 aromatic heterocycles. The van der Waals surface area contributed by atoms with E-state index in [1.165, 1.54) is 16.5 Å². The van der Waals surface area contributed by atoms with E-state index in [1.807, 2.05) is 25.1 Å². The molecule has 0 fully saturated rings. The Hall–Kier alpha value is -2.59. The van der Waals surface area contributed by atoms with Crippen molar-refractivity contribution < 1.29 is 14.6 Å². The SMILES string of the molecule is CC[C@]1(CC(=O)O)OC[C@H](Cc2ccccc2)c2c1[nH]c1ccccc21. The molecule has 2 heterocycles. The number of aromatic amines is 1. The van der Waals surface area contributed by atoms with Crippen LogP contribution in [-0.2, 0) is 21.6 Å². The maximum Gasteiger partial charge on any atom is 0.306 e. The van der Waals surface area contributed by atoms with Crippen LogP contribution in [0.4, 0.5) is 0 Å². The average molecular weight is 349 g/mol. The molecule has 2 atom stereocenters. The van der Waals surface area contributed by atoms with Gasteiger partial charge in [-0.3, -0.25) is 4.79 Å². The normalized spacial score (nSPS) is 22.3. The number of hydrogen-bond acceptors (Lipinski definition) is 2. The molecule has 4 nitrogen and oxygen atoms in total. The fraction of sp³-hybridized carbons (Fsp3) is 0.318. The van der Waals surface area contributed by atoms with E-state index in [-0.39, 0.29) is 12.3 Å². The summed E-state index contributed by atoms with van der Waals surface area (Å²) in [7, 11) is 0. The quantitative estimate of drug-likeness (QED) is 0.707. The molecule has 2 aromatic carbocycles. The van der Waals surface area contributed by atoms with Gasteiger partial charge in [-0.15, -0.1) is 0 Å². The number of carboxylic acids is 1. The number of rotatable bonds is 5. The lowest BCUT2D eigenvalue weighted by molar-refractivity contribution is -0.149. The maximum absolute atomic E-state index is 11.5. The van der Waals surface area contributed by atoms with Gasteiger partial charge in [0.1, 0.15) is 5.60 Å². The molecule has 0 bridgehead atoms. The Bertz CT molecular complexity index is 931. The highest BCUT2D eigenvalue weighted by Gasteiger charge is 2.43. The number of para-hydroxylation sites is 1. The van der Waals surface area contributed by atoms with Crippen LogP contribution < -0.4 is 0 Å². The Balaban J connectivity index is 1.85. The van der Waals surface area contributed by atoms with Gasteiger partial charge in [-0.1, -0.05) is 55.5 Å². The van der Waals surface area contributed by atoms with E-state index in [0.29, 0.717) is 13.0 Å². The Morgan fingerprint density at radius 3 is 2.65 bits per heavy atom. The van der Waals surface area contributed by atoms with Crippen LogP contribution in [0.15, 0.2) is 54.6 Å². The predicted molar refractivity (Wildman–Crippen MR) is 101 cm³/mol. The number of carboxylic acid groups (broad SMARTS) is 1. The summed E-state index contributed by atoms with van der Waals surface area (Å²) in [4.78, 5) is 15.0. The van der Waals surface area contributed by atoms with Crippen molar-refractivity contribution in [3.63, 3.8) is 0 Å². The second-order valence-corrected chi connectivity index (χ2v) is 7.08. The number of hydrogen-bond donors (Lipinski definition) is 2. The highest BCUT2D eigenvalue weighted by atomic mass is 16.5. The second-order valence-electron chi connectivity index (χ2n) is 7.08. The van der Waals surface area contributed by atoms with Crippen molar-refractivity contribution in [2.45, 2.75) is 37.7 Å². The van der Waals surface area contributed by atoms with E-state index >= 15 is 0 Å². The molecule has 0 saturated heterocycles. The first-order valence-electron chi connectivity index (χ1n) is 9.14. The Morgan fingerprint density at radius 2 is 1.92 bits per heavy atom. The van der Waals surface area contributed by atoms with Crippen molar-refractivity contribution >= 4 is 16.9 Å². The molecule has 0 radical (unpaired) electrons. The lowest BCUT2D eigenvalue weighted by Crippen LogP contribution is -2.39. The molecule has 0 aliphatic carbocycles. The summed E-state index contributed by atoms with van der Waals surface area (Å²) < 4.78 is 6.25. The van der Waals surface area contributed by atoms with Gasteiger partial charge in [0, 0.05) is 16.8 Å². The van der Waals surface area contributed by atoms with Gasteiger partial charge < -0.3 is 14.8 Å². The monoisotopic (exact) mass is 349 g/mol. The highest BCUT2D eigenvalue weighted by molar-refractivity contribution is 5.86. The smallest absolute Gasteiger partial charge is 0.306 e. The molecular formula is C22H23NO3. The molecule has 3 aromatic rings. The van der Waals surface area contributed by atoms with Gasteiger partial charge in [-0.2, -0.15) is 0 Å².